The number of rotatable bonds is 8. The number of hydrogen-bond donors (Lipinski definition) is 3. The Morgan fingerprint density at radius 2 is 1.76 bits per heavy atom. The molecular weight excluding hydrogens is 414 g/mol. The fourth-order valence-corrected chi connectivity index (χ4v) is 5.28. The molecule has 2 aromatic rings. The zero-order valence-corrected chi connectivity index (χ0v) is 19.5. The van der Waals surface area contributed by atoms with Gasteiger partial charge in [0.05, 0.1) is 11.8 Å². The van der Waals surface area contributed by atoms with E-state index in [-0.39, 0.29) is 0 Å². The first-order chi connectivity index (χ1) is 16.2. The maximum absolute atomic E-state index is 6.03. The molecule has 7 nitrogen and oxygen atoms in total. The van der Waals surface area contributed by atoms with Crippen molar-refractivity contribution in [3.05, 3.63) is 36.0 Å². The first-order valence-corrected chi connectivity index (χ1v) is 12.6. The predicted molar refractivity (Wildman–Crippen MR) is 131 cm³/mol. The van der Waals surface area contributed by atoms with Crippen molar-refractivity contribution in [3.8, 4) is 11.3 Å². The molecule has 2 aromatic heterocycles. The summed E-state index contributed by atoms with van der Waals surface area (Å²) < 4.78 is 11.1. The zero-order chi connectivity index (χ0) is 22.5. The van der Waals surface area contributed by atoms with E-state index in [2.05, 4.69) is 27.8 Å². The molecule has 7 heteroatoms. The highest BCUT2D eigenvalue weighted by atomic mass is 16.5. The lowest BCUT2D eigenvalue weighted by molar-refractivity contribution is -0.0500. The van der Waals surface area contributed by atoms with Crippen LogP contribution in [0, 0.1) is 5.92 Å². The number of anilines is 2. The van der Waals surface area contributed by atoms with Gasteiger partial charge in [-0.1, -0.05) is 6.07 Å². The monoisotopic (exact) mass is 451 g/mol. The molecule has 33 heavy (non-hydrogen) atoms. The molecule has 1 aliphatic carbocycles. The Bertz CT molecular complexity index is 905. The van der Waals surface area contributed by atoms with Gasteiger partial charge in [0, 0.05) is 50.7 Å². The molecule has 4 N–H and O–H groups in total. The molecule has 178 valence electrons. The van der Waals surface area contributed by atoms with Crippen LogP contribution in [0.3, 0.4) is 0 Å². The van der Waals surface area contributed by atoms with Gasteiger partial charge in [-0.15, -0.1) is 0 Å². The van der Waals surface area contributed by atoms with Crippen molar-refractivity contribution in [2.24, 2.45) is 5.92 Å². The maximum Gasteiger partial charge on any atom is 0.126 e. The van der Waals surface area contributed by atoms with Crippen LogP contribution in [0.4, 0.5) is 11.6 Å². The fourth-order valence-electron chi connectivity index (χ4n) is 5.28. The summed E-state index contributed by atoms with van der Waals surface area (Å²) in [6.45, 7) is 4.59. The molecule has 0 amide bonds. The van der Waals surface area contributed by atoms with E-state index in [1.54, 1.807) is 6.20 Å². The zero-order valence-electron chi connectivity index (χ0n) is 19.5. The molecule has 3 fully saturated rings. The van der Waals surface area contributed by atoms with Gasteiger partial charge in [-0.05, 0) is 80.5 Å². The summed E-state index contributed by atoms with van der Waals surface area (Å²) in [7, 11) is 0. The van der Waals surface area contributed by atoms with Crippen LogP contribution in [0.2, 0.25) is 0 Å². The van der Waals surface area contributed by atoms with Crippen LogP contribution in [0.15, 0.2) is 30.5 Å². The van der Waals surface area contributed by atoms with Gasteiger partial charge in [-0.2, -0.15) is 0 Å². The minimum atomic E-state index is 0.428. The van der Waals surface area contributed by atoms with E-state index in [9.17, 15) is 0 Å². The Balaban J connectivity index is 1.28. The van der Waals surface area contributed by atoms with Crippen molar-refractivity contribution in [2.75, 3.05) is 44.0 Å². The Morgan fingerprint density at radius 1 is 0.939 bits per heavy atom. The van der Waals surface area contributed by atoms with Crippen LogP contribution in [-0.4, -0.2) is 55.0 Å². The number of nitrogens with zero attached hydrogens (tertiary/aromatic N) is 2. The molecule has 5 rings (SSSR count). The smallest absolute Gasteiger partial charge is 0.126 e. The normalized spacial score (nSPS) is 26.0. The summed E-state index contributed by atoms with van der Waals surface area (Å²) in [6.07, 6.45) is 10.4. The molecule has 0 aromatic carbocycles. The molecule has 2 aliphatic heterocycles. The van der Waals surface area contributed by atoms with Crippen molar-refractivity contribution >= 4 is 11.6 Å². The number of hydrogen-bond acceptors (Lipinski definition) is 7. The minimum Gasteiger partial charge on any atom is -0.384 e. The number of nitrogen functional groups attached to an aromatic ring is 1. The maximum atomic E-state index is 6.03. The molecule has 4 heterocycles. The Kier molecular flexibility index (Phi) is 7.39. The molecule has 3 aliphatic rings. The second-order valence-electron chi connectivity index (χ2n) is 9.78. The van der Waals surface area contributed by atoms with Gasteiger partial charge in [0.25, 0.3) is 0 Å². The van der Waals surface area contributed by atoms with Gasteiger partial charge in [0.15, 0.2) is 0 Å². The van der Waals surface area contributed by atoms with Gasteiger partial charge >= 0.3 is 0 Å². The molecule has 0 spiro atoms. The first kappa shape index (κ1) is 22.6. The standard InChI is InChI=1S/C26H37N5O2/c27-24-15-20(7-11-28-24)26-23(5-6-25(31-26)30-16-18-8-12-32-13-9-18)19-1-3-21(4-2-19)29-17-22-10-14-33-22/h5-7,11,15,18-19,21-22,29H,1-4,8-10,12-14,16-17H2,(H2,27,28)(H,30,31)/t19-,21-,22?. The van der Waals surface area contributed by atoms with Crippen molar-refractivity contribution in [1.82, 2.24) is 15.3 Å². The van der Waals surface area contributed by atoms with Crippen LogP contribution in [0.5, 0.6) is 0 Å². The fraction of sp³-hybridized carbons (Fsp3) is 0.615. The van der Waals surface area contributed by atoms with Crippen molar-refractivity contribution in [3.63, 3.8) is 0 Å². The summed E-state index contributed by atoms with van der Waals surface area (Å²) in [5.74, 6) is 2.64. The van der Waals surface area contributed by atoms with Crippen molar-refractivity contribution in [2.45, 2.75) is 63.0 Å². The number of aromatic nitrogens is 2. The van der Waals surface area contributed by atoms with E-state index in [0.29, 0.717) is 29.8 Å². The van der Waals surface area contributed by atoms with Gasteiger partial charge in [0.1, 0.15) is 11.6 Å². The molecule has 0 bridgehead atoms. The van der Waals surface area contributed by atoms with Crippen molar-refractivity contribution in [1.29, 1.82) is 0 Å². The lowest BCUT2D eigenvalue weighted by Crippen LogP contribution is -2.42. The number of pyridine rings is 2. The molecule has 2 saturated heterocycles. The van der Waals surface area contributed by atoms with E-state index in [0.717, 1.165) is 62.8 Å². The average Bonchev–Trinajstić information content (AvgIpc) is 2.83. The van der Waals surface area contributed by atoms with E-state index < -0.39 is 0 Å². The third-order valence-corrected chi connectivity index (χ3v) is 7.49. The number of nitrogens with two attached hydrogens (primary N) is 1. The highest BCUT2D eigenvalue weighted by Crippen LogP contribution is 2.38. The largest absolute Gasteiger partial charge is 0.384 e. The number of ether oxygens (including phenoxy) is 2. The van der Waals surface area contributed by atoms with Gasteiger partial charge in [0.2, 0.25) is 0 Å². The summed E-state index contributed by atoms with van der Waals surface area (Å²) >= 11 is 0. The third kappa shape index (κ3) is 5.83. The second kappa shape index (κ2) is 10.8. The van der Waals surface area contributed by atoms with Gasteiger partial charge in [-0.25, -0.2) is 9.97 Å². The van der Waals surface area contributed by atoms with Crippen molar-refractivity contribution < 1.29 is 9.47 Å². The van der Waals surface area contributed by atoms with E-state index in [4.69, 9.17) is 20.2 Å². The molecule has 0 radical (unpaired) electrons. The van der Waals surface area contributed by atoms with Crippen LogP contribution in [0.25, 0.3) is 11.3 Å². The predicted octanol–water partition coefficient (Wildman–Crippen LogP) is 3.97. The van der Waals surface area contributed by atoms with Gasteiger partial charge < -0.3 is 25.8 Å². The second-order valence-corrected chi connectivity index (χ2v) is 9.78. The van der Waals surface area contributed by atoms with E-state index in [1.165, 1.54) is 37.7 Å². The van der Waals surface area contributed by atoms with E-state index >= 15 is 0 Å². The van der Waals surface area contributed by atoms with Crippen LogP contribution in [-0.2, 0) is 9.47 Å². The molecule has 1 atom stereocenters. The molecule has 1 saturated carbocycles. The third-order valence-electron chi connectivity index (χ3n) is 7.49. The van der Waals surface area contributed by atoms with Crippen LogP contribution in [0.1, 0.15) is 56.4 Å². The summed E-state index contributed by atoms with van der Waals surface area (Å²) in [5.41, 5.74) is 9.45. The lowest BCUT2D eigenvalue weighted by Gasteiger charge is -2.33. The molecular formula is C26H37N5O2. The highest BCUT2D eigenvalue weighted by molar-refractivity contribution is 5.68. The quantitative estimate of drug-likeness (QED) is 0.559. The topological polar surface area (TPSA) is 94.3 Å². The Morgan fingerprint density at radius 3 is 2.48 bits per heavy atom. The number of nitrogens with one attached hydrogen (secondary N) is 2. The van der Waals surface area contributed by atoms with Crippen LogP contribution < -0.4 is 16.4 Å². The summed E-state index contributed by atoms with van der Waals surface area (Å²) in [5, 5.41) is 7.30. The lowest BCUT2D eigenvalue weighted by atomic mass is 9.80. The van der Waals surface area contributed by atoms with Gasteiger partial charge in [-0.3, -0.25) is 0 Å². The highest BCUT2D eigenvalue weighted by Gasteiger charge is 2.27. The molecule has 1 unspecified atom stereocenters. The SMILES string of the molecule is Nc1cc(-c2nc(NCC3CCOCC3)ccc2[C@H]2CC[C@H](NCC3CCO3)CC2)ccn1. The summed E-state index contributed by atoms with van der Waals surface area (Å²) in [6, 6.07) is 9.00. The average molecular weight is 452 g/mol. The minimum absolute atomic E-state index is 0.428. The first-order valence-electron chi connectivity index (χ1n) is 12.6. The Hall–Kier alpha value is -2.22. The summed E-state index contributed by atoms with van der Waals surface area (Å²) in [4.78, 5) is 9.27. The Labute approximate surface area is 196 Å². The van der Waals surface area contributed by atoms with E-state index in [1.807, 2.05) is 12.1 Å². The van der Waals surface area contributed by atoms with Crippen LogP contribution >= 0.6 is 0 Å².